The van der Waals surface area contributed by atoms with Crippen LogP contribution in [0.25, 0.3) is 0 Å². The largest absolute Gasteiger partial charge is 0.489 e. The molecule has 3 aromatic carbocycles. The van der Waals surface area contributed by atoms with Crippen LogP contribution < -0.4 is 20.7 Å². The Balaban J connectivity index is 1.42. The highest BCUT2D eigenvalue weighted by molar-refractivity contribution is 5.86. The SMILES string of the molecule is O=C(CC1CC=CCC(NC(=O)OCc2ccccc2)C(=O)OCC(Cc2ccc(OCc3ccccc3)cc2)NC1=O)NCCOCCO. The van der Waals surface area contributed by atoms with Crippen LogP contribution in [0.2, 0.25) is 0 Å². The number of alkyl carbamates (subject to hydrolysis) is 1. The van der Waals surface area contributed by atoms with Gasteiger partial charge in [0.2, 0.25) is 11.8 Å². The van der Waals surface area contributed by atoms with Crippen molar-refractivity contribution >= 4 is 23.9 Å². The molecule has 0 saturated heterocycles. The highest BCUT2D eigenvalue weighted by Gasteiger charge is 2.28. The number of ether oxygens (including phenoxy) is 4. The third-order valence-corrected chi connectivity index (χ3v) is 7.78. The summed E-state index contributed by atoms with van der Waals surface area (Å²) in [6, 6.07) is 24.7. The van der Waals surface area contributed by atoms with Gasteiger partial charge < -0.3 is 40.0 Å². The maximum Gasteiger partial charge on any atom is 0.408 e. The number of carbonyl (C=O) groups excluding carboxylic acids is 4. The van der Waals surface area contributed by atoms with Gasteiger partial charge in [-0.05, 0) is 48.1 Å². The molecule has 0 saturated carbocycles. The third kappa shape index (κ3) is 13.7. The minimum atomic E-state index is -1.04. The first-order chi connectivity index (χ1) is 24.4. The summed E-state index contributed by atoms with van der Waals surface area (Å²) >= 11 is 0. The van der Waals surface area contributed by atoms with E-state index in [1.165, 1.54) is 0 Å². The van der Waals surface area contributed by atoms with Gasteiger partial charge in [-0.25, -0.2) is 9.59 Å². The quantitative estimate of drug-likeness (QED) is 0.106. The van der Waals surface area contributed by atoms with Crippen LogP contribution in [0.5, 0.6) is 5.75 Å². The lowest BCUT2D eigenvalue weighted by atomic mass is 9.97. The zero-order valence-corrected chi connectivity index (χ0v) is 28.0. The number of cyclic esters (lactones) is 1. The van der Waals surface area contributed by atoms with Crippen molar-refractivity contribution in [3.8, 4) is 5.75 Å². The van der Waals surface area contributed by atoms with E-state index in [2.05, 4.69) is 16.0 Å². The van der Waals surface area contributed by atoms with E-state index >= 15 is 0 Å². The second kappa shape index (κ2) is 21.0. The van der Waals surface area contributed by atoms with Crippen molar-refractivity contribution in [3.63, 3.8) is 0 Å². The number of benzene rings is 3. The summed E-state index contributed by atoms with van der Waals surface area (Å²) in [4.78, 5) is 52.1. The molecule has 1 aliphatic heterocycles. The van der Waals surface area contributed by atoms with E-state index in [4.69, 9.17) is 24.1 Å². The predicted octanol–water partition coefficient (Wildman–Crippen LogP) is 3.61. The molecule has 0 radical (unpaired) electrons. The highest BCUT2D eigenvalue weighted by Crippen LogP contribution is 2.18. The van der Waals surface area contributed by atoms with Gasteiger partial charge >= 0.3 is 12.1 Å². The molecule has 266 valence electrons. The summed E-state index contributed by atoms with van der Waals surface area (Å²) in [5.74, 6) is -1.38. The first-order valence-electron chi connectivity index (χ1n) is 16.7. The lowest BCUT2D eigenvalue weighted by molar-refractivity contribution is -0.147. The standard InChI is InChI=1S/C38H45N3O9/c42-20-22-47-21-19-39-35(43)24-31-13-7-8-14-34(41-38(46)50-26-30-11-5-2-6-12-30)37(45)49-27-32(40-36(31)44)23-28-15-17-33(18-16-28)48-25-29-9-3-1-4-10-29/h1-12,15-18,31-32,34,42H,13-14,19-27H2,(H,39,43)(H,40,44)(H,41,46). The van der Waals surface area contributed by atoms with Crippen LogP contribution in [0.4, 0.5) is 4.79 Å². The van der Waals surface area contributed by atoms with Gasteiger partial charge in [-0.2, -0.15) is 0 Å². The summed E-state index contributed by atoms with van der Waals surface area (Å²) in [5.41, 5.74) is 2.70. The van der Waals surface area contributed by atoms with Gasteiger partial charge in [0.05, 0.1) is 31.8 Å². The van der Waals surface area contributed by atoms with Gasteiger partial charge in [0, 0.05) is 13.0 Å². The fourth-order valence-electron chi connectivity index (χ4n) is 5.12. The Morgan fingerprint density at radius 2 is 1.52 bits per heavy atom. The van der Waals surface area contributed by atoms with E-state index in [0.29, 0.717) is 18.8 Å². The molecule has 3 amide bonds. The van der Waals surface area contributed by atoms with E-state index in [0.717, 1.165) is 16.7 Å². The number of aliphatic hydroxyl groups excluding tert-OH is 1. The Labute approximate surface area is 292 Å². The molecule has 4 N–H and O–H groups in total. The van der Waals surface area contributed by atoms with Gasteiger partial charge in [0.15, 0.2) is 0 Å². The van der Waals surface area contributed by atoms with Crippen LogP contribution in [-0.2, 0) is 48.2 Å². The molecule has 3 aromatic rings. The second-order valence-corrected chi connectivity index (χ2v) is 11.7. The van der Waals surface area contributed by atoms with Gasteiger partial charge in [-0.1, -0.05) is 84.9 Å². The molecule has 50 heavy (non-hydrogen) atoms. The molecular weight excluding hydrogens is 642 g/mol. The molecule has 0 aliphatic carbocycles. The van der Waals surface area contributed by atoms with Crippen molar-refractivity contribution in [2.24, 2.45) is 5.92 Å². The van der Waals surface area contributed by atoms with Crippen LogP contribution >= 0.6 is 0 Å². The maximum atomic E-state index is 13.5. The summed E-state index contributed by atoms with van der Waals surface area (Å²) in [6.07, 6.45) is 3.18. The van der Waals surface area contributed by atoms with Crippen LogP contribution in [0.15, 0.2) is 97.1 Å². The zero-order chi connectivity index (χ0) is 35.4. The van der Waals surface area contributed by atoms with Crippen molar-refractivity contribution in [2.45, 2.75) is 51.0 Å². The Bertz CT molecular complexity index is 1520. The van der Waals surface area contributed by atoms with Gasteiger partial charge in [0.25, 0.3) is 0 Å². The lowest BCUT2D eigenvalue weighted by Crippen LogP contribution is -2.47. The van der Waals surface area contributed by atoms with Crippen molar-refractivity contribution in [2.75, 3.05) is 33.0 Å². The van der Waals surface area contributed by atoms with Crippen molar-refractivity contribution in [1.82, 2.24) is 16.0 Å². The average Bonchev–Trinajstić information content (AvgIpc) is 3.13. The summed E-state index contributed by atoms with van der Waals surface area (Å²) in [5, 5.41) is 17.2. The molecule has 12 heteroatoms. The molecule has 3 atom stereocenters. The number of amides is 3. The lowest BCUT2D eigenvalue weighted by Gasteiger charge is -2.24. The van der Waals surface area contributed by atoms with Crippen LogP contribution in [-0.4, -0.2) is 74.0 Å². The van der Waals surface area contributed by atoms with E-state index in [1.807, 2.05) is 84.9 Å². The van der Waals surface area contributed by atoms with Crippen LogP contribution in [0, 0.1) is 5.92 Å². The number of aliphatic hydroxyl groups is 1. The minimum Gasteiger partial charge on any atom is -0.489 e. The first kappa shape index (κ1) is 37.6. The molecule has 1 heterocycles. The zero-order valence-electron chi connectivity index (χ0n) is 28.0. The molecule has 12 nitrogen and oxygen atoms in total. The Morgan fingerprint density at radius 3 is 2.22 bits per heavy atom. The fraction of sp³-hybridized carbons (Fsp3) is 0.368. The van der Waals surface area contributed by atoms with Crippen molar-refractivity contribution in [3.05, 3.63) is 114 Å². The van der Waals surface area contributed by atoms with Crippen LogP contribution in [0.3, 0.4) is 0 Å². The number of rotatable bonds is 15. The molecule has 0 aromatic heterocycles. The van der Waals surface area contributed by atoms with E-state index < -0.39 is 30.1 Å². The summed E-state index contributed by atoms with van der Waals surface area (Å²) < 4.78 is 22.0. The van der Waals surface area contributed by atoms with E-state index in [1.54, 1.807) is 12.2 Å². The van der Waals surface area contributed by atoms with Crippen molar-refractivity contribution in [1.29, 1.82) is 0 Å². The molecule has 1 aliphatic rings. The van der Waals surface area contributed by atoms with Crippen LogP contribution in [0.1, 0.15) is 36.0 Å². The Morgan fingerprint density at radius 1 is 0.840 bits per heavy atom. The number of esters is 1. The summed E-state index contributed by atoms with van der Waals surface area (Å²) in [7, 11) is 0. The molecule has 3 unspecified atom stereocenters. The normalized spacial score (nSPS) is 18.1. The highest BCUT2D eigenvalue weighted by atomic mass is 16.6. The molecular formula is C38H45N3O9. The van der Waals surface area contributed by atoms with Gasteiger partial charge in [-0.3, -0.25) is 9.59 Å². The number of hydrogen-bond donors (Lipinski definition) is 4. The predicted molar refractivity (Wildman–Crippen MR) is 185 cm³/mol. The topological polar surface area (TPSA) is 162 Å². The Kier molecular flexibility index (Phi) is 15.8. The van der Waals surface area contributed by atoms with E-state index in [9.17, 15) is 19.2 Å². The fourth-order valence-corrected chi connectivity index (χ4v) is 5.12. The molecule has 0 bridgehead atoms. The molecule has 0 spiro atoms. The smallest absolute Gasteiger partial charge is 0.408 e. The van der Waals surface area contributed by atoms with Gasteiger partial charge in [0.1, 0.15) is 31.6 Å². The summed E-state index contributed by atoms with van der Waals surface area (Å²) in [6.45, 7) is 0.806. The second-order valence-electron chi connectivity index (χ2n) is 11.7. The average molecular weight is 688 g/mol. The maximum absolute atomic E-state index is 13.5. The number of nitrogens with one attached hydrogen (secondary N) is 3. The van der Waals surface area contributed by atoms with E-state index in [-0.39, 0.29) is 70.7 Å². The molecule has 4 rings (SSSR count). The van der Waals surface area contributed by atoms with Gasteiger partial charge in [-0.15, -0.1) is 0 Å². The monoisotopic (exact) mass is 687 g/mol. The number of hydrogen-bond acceptors (Lipinski definition) is 9. The first-order valence-corrected chi connectivity index (χ1v) is 16.7. The molecule has 0 fully saturated rings. The number of carbonyl (C=O) groups is 4. The van der Waals surface area contributed by atoms with Crippen molar-refractivity contribution < 1.29 is 43.2 Å². The minimum absolute atomic E-state index is 0.0335. The third-order valence-electron chi connectivity index (χ3n) is 7.78. The number of allylic oxidation sites excluding steroid dienone is 1. The Hall–Kier alpha value is -5.20.